The molecule has 0 aliphatic heterocycles. The Bertz CT molecular complexity index is 614. The van der Waals surface area contributed by atoms with Crippen LogP contribution in [0.4, 0.5) is 18.9 Å². The summed E-state index contributed by atoms with van der Waals surface area (Å²) < 4.78 is 47.2. The molecule has 0 aliphatic rings. The van der Waals surface area contributed by atoms with E-state index in [9.17, 15) is 22.8 Å². The van der Waals surface area contributed by atoms with E-state index in [4.69, 9.17) is 0 Å². The van der Waals surface area contributed by atoms with Crippen LogP contribution in [0.3, 0.4) is 0 Å². The number of methoxy groups -OCH3 is 2. The predicted octanol–water partition coefficient (Wildman–Crippen LogP) is 3.11. The van der Waals surface area contributed by atoms with Gasteiger partial charge in [0.2, 0.25) is 0 Å². The fourth-order valence-corrected chi connectivity index (χ4v) is 1.91. The van der Waals surface area contributed by atoms with Crippen molar-refractivity contribution in [2.75, 3.05) is 19.5 Å². The first-order valence-electron chi connectivity index (χ1n) is 5.70. The highest BCUT2D eigenvalue weighted by Crippen LogP contribution is 2.33. The van der Waals surface area contributed by atoms with Crippen LogP contribution in [0.5, 0.6) is 0 Å². The molecule has 0 bridgehead atoms. The van der Waals surface area contributed by atoms with Gasteiger partial charge in [-0.2, -0.15) is 13.2 Å². The summed E-state index contributed by atoms with van der Waals surface area (Å²) in [6.45, 7) is 0. The van der Waals surface area contributed by atoms with Crippen molar-refractivity contribution in [3.8, 4) is 0 Å². The third-order valence-electron chi connectivity index (χ3n) is 2.37. The summed E-state index contributed by atoms with van der Waals surface area (Å²) in [4.78, 5) is 22.7. The first-order valence-corrected chi connectivity index (χ1v) is 6.49. The Labute approximate surface area is 132 Å². The molecule has 0 aromatic heterocycles. The standard InChI is InChI=1S/C13H11BrF3NO4/c1-21-11(19)6-10(12(20)22-2)18-9-4-7(13(15,16)17)3-8(14)5-9/h3-6,18H,1-2H3/b10-6+. The summed E-state index contributed by atoms with van der Waals surface area (Å²) >= 11 is 2.95. The van der Waals surface area contributed by atoms with Gasteiger partial charge in [-0.05, 0) is 18.2 Å². The molecule has 120 valence electrons. The van der Waals surface area contributed by atoms with Crippen LogP contribution in [0.15, 0.2) is 34.4 Å². The van der Waals surface area contributed by atoms with Gasteiger partial charge in [-0.15, -0.1) is 0 Å². The largest absolute Gasteiger partial charge is 0.466 e. The molecule has 0 spiro atoms. The number of esters is 2. The van der Waals surface area contributed by atoms with Crippen molar-refractivity contribution < 1.29 is 32.2 Å². The van der Waals surface area contributed by atoms with E-state index in [2.05, 4.69) is 30.7 Å². The van der Waals surface area contributed by atoms with Crippen LogP contribution >= 0.6 is 15.9 Å². The van der Waals surface area contributed by atoms with Crippen molar-refractivity contribution in [1.82, 2.24) is 0 Å². The van der Waals surface area contributed by atoms with Gasteiger partial charge < -0.3 is 14.8 Å². The number of rotatable bonds is 4. The number of carbonyl (C=O) groups is 2. The van der Waals surface area contributed by atoms with Crippen molar-refractivity contribution in [2.45, 2.75) is 6.18 Å². The molecule has 1 rings (SSSR count). The fourth-order valence-electron chi connectivity index (χ4n) is 1.41. The zero-order chi connectivity index (χ0) is 16.9. The van der Waals surface area contributed by atoms with Crippen LogP contribution in [0.1, 0.15) is 5.56 Å². The average Bonchev–Trinajstić information content (AvgIpc) is 2.44. The highest BCUT2D eigenvalue weighted by molar-refractivity contribution is 9.10. The van der Waals surface area contributed by atoms with E-state index in [-0.39, 0.29) is 15.9 Å². The maximum Gasteiger partial charge on any atom is 0.416 e. The SMILES string of the molecule is COC(=O)/C=C(/Nc1cc(Br)cc(C(F)(F)F)c1)C(=O)OC. The molecule has 0 heterocycles. The lowest BCUT2D eigenvalue weighted by Gasteiger charge is -2.13. The fraction of sp³-hybridized carbons (Fsp3) is 0.231. The van der Waals surface area contributed by atoms with Crippen LogP contribution in [-0.4, -0.2) is 26.2 Å². The maximum atomic E-state index is 12.7. The minimum absolute atomic E-state index is 0.0535. The first-order chi connectivity index (χ1) is 10.2. The van der Waals surface area contributed by atoms with E-state index in [0.717, 1.165) is 32.4 Å². The number of carbonyl (C=O) groups excluding carboxylic acids is 2. The Kier molecular flexibility index (Phi) is 5.98. The van der Waals surface area contributed by atoms with Crippen LogP contribution in [0, 0.1) is 0 Å². The minimum atomic E-state index is -4.56. The molecular weight excluding hydrogens is 371 g/mol. The zero-order valence-electron chi connectivity index (χ0n) is 11.5. The van der Waals surface area contributed by atoms with E-state index in [0.29, 0.717) is 0 Å². The van der Waals surface area contributed by atoms with Gasteiger partial charge in [-0.3, -0.25) is 0 Å². The third-order valence-corrected chi connectivity index (χ3v) is 2.83. The molecule has 22 heavy (non-hydrogen) atoms. The first kappa shape index (κ1) is 18.0. The lowest BCUT2D eigenvalue weighted by molar-refractivity contribution is -0.138. The predicted molar refractivity (Wildman–Crippen MR) is 74.9 cm³/mol. The average molecular weight is 382 g/mol. The minimum Gasteiger partial charge on any atom is -0.466 e. The normalized spacial score (nSPS) is 11.8. The number of anilines is 1. The van der Waals surface area contributed by atoms with Crippen molar-refractivity contribution in [3.63, 3.8) is 0 Å². The van der Waals surface area contributed by atoms with Crippen LogP contribution in [-0.2, 0) is 25.2 Å². The van der Waals surface area contributed by atoms with Gasteiger partial charge in [0.15, 0.2) is 0 Å². The summed E-state index contributed by atoms with van der Waals surface area (Å²) in [5, 5.41) is 2.40. The maximum absolute atomic E-state index is 12.7. The van der Waals surface area contributed by atoms with Crippen LogP contribution < -0.4 is 5.32 Å². The molecule has 0 amide bonds. The zero-order valence-corrected chi connectivity index (χ0v) is 13.0. The summed E-state index contributed by atoms with van der Waals surface area (Å²) in [7, 11) is 2.16. The second-order valence-electron chi connectivity index (χ2n) is 3.92. The second kappa shape index (κ2) is 7.30. The van der Waals surface area contributed by atoms with Crippen molar-refractivity contribution in [1.29, 1.82) is 0 Å². The smallest absolute Gasteiger partial charge is 0.416 e. The molecule has 1 aromatic rings. The van der Waals surface area contributed by atoms with Crippen LogP contribution in [0.25, 0.3) is 0 Å². The monoisotopic (exact) mass is 381 g/mol. The number of alkyl halides is 3. The lowest BCUT2D eigenvalue weighted by atomic mass is 10.2. The van der Waals surface area contributed by atoms with Crippen molar-refractivity contribution in [3.05, 3.63) is 40.0 Å². The Morgan fingerprint density at radius 2 is 1.82 bits per heavy atom. The number of nitrogens with one attached hydrogen (secondary N) is 1. The van der Waals surface area contributed by atoms with Crippen LogP contribution in [0.2, 0.25) is 0 Å². The number of ether oxygens (including phenoxy) is 2. The third kappa shape index (κ3) is 5.06. The van der Waals surface area contributed by atoms with E-state index >= 15 is 0 Å². The van der Waals surface area contributed by atoms with Gasteiger partial charge in [0.1, 0.15) is 5.70 Å². The van der Waals surface area contributed by atoms with Gasteiger partial charge in [-0.25, -0.2) is 9.59 Å². The highest BCUT2D eigenvalue weighted by atomic mass is 79.9. The quantitative estimate of drug-likeness (QED) is 0.641. The summed E-state index contributed by atoms with van der Waals surface area (Å²) in [6.07, 6.45) is -3.78. The molecule has 0 unspecified atom stereocenters. The number of hydrogen-bond acceptors (Lipinski definition) is 5. The lowest BCUT2D eigenvalue weighted by Crippen LogP contribution is -2.16. The van der Waals surface area contributed by atoms with Gasteiger partial charge in [0.05, 0.1) is 25.9 Å². The molecule has 1 N–H and O–H groups in total. The Morgan fingerprint density at radius 1 is 1.18 bits per heavy atom. The van der Waals surface area contributed by atoms with E-state index < -0.39 is 23.7 Å². The highest BCUT2D eigenvalue weighted by Gasteiger charge is 2.31. The molecule has 1 aromatic carbocycles. The topological polar surface area (TPSA) is 64.6 Å². The Balaban J connectivity index is 3.19. The van der Waals surface area contributed by atoms with Gasteiger partial charge >= 0.3 is 18.1 Å². The van der Waals surface area contributed by atoms with Crippen molar-refractivity contribution in [2.24, 2.45) is 0 Å². The summed E-state index contributed by atoms with van der Waals surface area (Å²) in [5.41, 5.74) is -1.34. The van der Waals surface area contributed by atoms with E-state index in [1.165, 1.54) is 6.07 Å². The molecule has 5 nitrogen and oxygen atoms in total. The molecule has 0 radical (unpaired) electrons. The molecule has 0 fully saturated rings. The Hall–Kier alpha value is -2.03. The molecule has 0 atom stereocenters. The van der Waals surface area contributed by atoms with Gasteiger partial charge in [0, 0.05) is 10.2 Å². The Morgan fingerprint density at radius 3 is 2.32 bits per heavy atom. The number of halogens is 4. The van der Waals surface area contributed by atoms with E-state index in [1.807, 2.05) is 0 Å². The summed E-state index contributed by atoms with van der Waals surface area (Å²) in [6, 6.07) is 2.98. The number of hydrogen-bond donors (Lipinski definition) is 1. The molecule has 9 heteroatoms. The number of benzene rings is 1. The van der Waals surface area contributed by atoms with Gasteiger partial charge in [0.25, 0.3) is 0 Å². The molecule has 0 saturated carbocycles. The van der Waals surface area contributed by atoms with Gasteiger partial charge in [-0.1, -0.05) is 15.9 Å². The molecule has 0 aliphatic carbocycles. The van der Waals surface area contributed by atoms with E-state index in [1.54, 1.807) is 0 Å². The van der Waals surface area contributed by atoms with Crippen molar-refractivity contribution >= 4 is 33.6 Å². The second-order valence-corrected chi connectivity index (χ2v) is 4.84. The molecule has 0 saturated heterocycles. The summed E-state index contributed by atoms with van der Waals surface area (Å²) in [5.74, 6) is -1.79. The molecular formula is C13H11BrF3NO4.